The van der Waals surface area contributed by atoms with Gasteiger partial charge in [-0.15, -0.1) is 0 Å². The second-order valence-corrected chi connectivity index (χ2v) is 5.36. The maximum absolute atomic E-state index is 5.92. The van der Waals surface area contributed by atoms with Crippen LogP contribution in [-0.2, 0) is 9.47 Å². The van der Waals surface area contributed by atoms with Crippen molar-refractivity contribution in [3.63, 3.8) is 0 Å². The van der Waals surface area contributed by atoms with E-state index >= 15 is 0 Å². The molecule has 2 heterocycles. The molecule has 2 saturated heterocycles. The second kappa shape index (κ2) is 5.08. The molecule has 0 atom stereocenters. The summed E-state index contributed by atoms with van der Waals surface area (Å²) in [6, 6.07) is 8.05. The summed E-state index contributed by atoms with van der Waals surface area (Å²) in [5.74, 6) is -0.304. The van der Waals surface area contributed by atoms with Gasteiger partial charge in [0.15, 0.2) is 5.79 Å². The van der Waals surface area contributed by atoms with E-state index in [0.717, 1.165) is 50.6 Å². The van der Waals surface area contributed by atoms with Crippen molar-refractivity contribution in [2.45, 2.75) is 25.0 Å². The molecule has 3 nitrogen and oxygen atoms in total. The maximum Gasteiger partial charge on any atom is 0.170 e. The first-order valence-corrected chi connectivity index (χ1v) is 6.94. The summed E-state index contributed by atoms with van der Waals surface area (Å²) in [5.41, 5.74) is 1.23. The van der Waals surface area contributed by atoms with Crippen molar-refractivity contribution in [2.24, 2.45) is 0 Å². The maximum atomic E-state index is 5.92. The molecular weight excluding hydrogens is 250 g/mol. The monoisotopic (exact) mass is 267 g/mol. The van der Waals surface area contributed by atoms with Crippen LogP contribution in [0.3, 0.4) is 0 Å². The fourth-order valence-electron chi connectivity index (χ4n) is 2.78. The highest BCUT2D eigenvalue weighted by Crippen LogP contribution is 2.32. The molecular formula is C14H18ClNO2. The van der Waals surface area contributed by atoms with E-state index in [1.165, 1.54) is 5.69 Å². The Hall–Kier alpha value is -0.770. The van der Waals surface area contributed by atoms with Gasteiger partial charge in [-0.3, -0.25) is 0 Å². The lowest BCUT2D eigenvalue weighted by atomic mass is 10.1. The summed E-state index contributed by atoms with van der Waals surface area (Å²) in [6.07, 6.45) is 3.04. The van der Waals surface area contributed by atoms with Crippen molar-refractivity contribution in [1.29, 1.82) is 0 Å². The molecule has 0 N–H and O–H groups in total. The van der Waals surface area contributed by atoms with E-state index in [4.69, 9.17) is 21.1 Å². The van der Waals surface area contributed by atoms with Gasteiger partial charge >= 0.3 is 0 Å². The Bertz CT molecular complexity index is 401. The molecule has 18 heavy (non-hydrogen) atoms. The van der Waals surface area contributed by atoms with Gasteiger partial charge in [-0.1, -0.05) is 11.6 Å². The third-order valence-corrected chi connectivity index (χ3v) is 4.01. The quantitative estimate of drug-likeness (QED) is 0.781. The minimum absolute atomic E-state index is 0.304. The average Bonchev–Trinajstić information content (AvgIpc) is 2.73. The molecule has 0 unspecified atom stereocenters. The minimum Gasteiger partial charge on any atom is -0.371 e. The highest BCUT2D eigenvalue weighted by Gasteiger charge is 2.37. The number of nitrogens with zero attached hydrogens (tertiary/aromatic N) is 1. The van der Waals surface area contributed by atoms with Crippen molar-refractivity contribution < 1.29 is 9.47 Å². The molecule has 1 aromatic rings. The third-order valence-electron chi connectivity index (χ3n) is 3.75. The Kier molecular flexibility index (Phi) is 3.46. The largest absolute Gasteiger partial charge is 0.371 e. The molecule has 0 aliphatic carbocycles. The average molecular weight is 268 g/mol. The first kappa shape index (κ1) is 12.3. The standard InChI is InChI=1S/C14H18ClNO2/c15-12-2-4-13(5-3-12)16-8-1-6-14(7-9-16)17-10-11-18-14/h2-5H,1,6-11H2. The molecule has 0 saturated carbocycles. The molecule has 0 aromatic heterocycles. The van der Waals surface area contributed by atoms with E-state index < -0.39 is 0 Å². The molecule has 4 heteroatoms. The van der Waals surface area contributed by atoms with Crippen molar-refractivity contribution in [2.75, 3.05) is 31.2 Å². The van der Waals surface area contributed by atoms with Crippen molar-refractivity contribution in [1.82, 2.24) is 0 Å². The van der Waals surface area contributed by atoms with Crippen LogP contribution in [-0.4, -0.2) is 32.1 Å². The molecule has 2 aliphatic rings. The SMILES string of the molecule is Clc1ccc(N2CCCC3(CC2)OCCO3)cc1. The van der Waals surface area contributed by atoms with Crippen LogP contribution in [0.5, 0.6) is 0 Å². The lowest BCUT2D eigenvalue weighted by Gasteiger charge is -2.26. The van der Waals surface area contributed by atoms with Gasteiger partial charge in [0.25, 0.3) is 0 Å². The van der Waals surface area contributed by atoms with E-state index in [0.29, 0.717) is 0 Å². The van der Waals surface area contributed by atoms with Gasteiger partial charge in [-0.2, -0.15) is 0 Å². The number of rotatable bonds is 1. The molecule has 0 amide bonds. The number of hydrogen-bond donors (Lipinski definition) is 0. The van der Waals surface area contributed by atoms with Gasteiger partial charge in [0.05, 0.1) is 13.2 Å². The Balaban J connectivity index is 1.70. The molecule has 3 rings (SSSR count). The molecule has 1 spiro atoms. The third kappa shape index (κ3) is 2.48. The number of anilines is 1. The van der Waals surface area contributed by atoms with Crippen LogP contribution >= 0.6 is 11.6 Å². The van der Waals surface area contributed by atoms with Crippen molar-refractivity contribution in [3.8, 4) is 0 Å². The lowest BCUT2D eigenvalue weighted by molar-refractivity contribution is -0.162. The summed E-state index contributed by atoms with van der Waals surface area (Å²) < 4.78 is 11.6. The van der Waals surface area contributed by atoms with Gasteiger partial charge in [0, 0.05) is 36.6 Å². The summed E-state index contributed by atoms with van der Waals surface area (Å²) in [5, 5.41) is 0.785. The predicted octanol–water partition coefficient (Wildman–Crippen LogP) is 3.07. The van der Waals surface area contributed by atoms with E-state index in [-0.39, 0.29) is 5.79 Å². The Labute approximate surface area is 113 Å². The van der Waals surface area contributed by atoms with Gasteiger partial charge in [0.1, 0.15) is 0 Å². The molecule has 2 fully saturated rings. The van der Waals surface area contributed by atoms with Crippen LogP contribution in [0.4, 0.5) is 5.69 Å². The Morgan fingerprint density at radius 3 is 2.44 bits per heavy atom. The van der Waals surface area contributed by atoms with Crippen LogP contribution in [0.15, 0.2) is 24.3 Å². The van der Waals surface area contributed by atoms with Gasteiger partial charge in [0.2, 0.25) is 0 Å². The molecule has 0 bridgehead atoms. The number of hydrogen-bond acceptors (Lipinski definition) is 3. The number of halogens is 1. The molecule has 1 aromatic carbocycles. The summed E-state index contributed by atoms with van der Waals surface area (Å²) in [6.45, 7) is 3.50. The highest BCUT2D eigenvalue weighted by atomic mass is 35.5. The lowest BCUT2D eigenvalue weighted by Crippen LogP contribution is -2.32. The molecule has 98 valence electrons. The van der Waals surface area contributed by atoms with Gasteiger partial charge in [-0.05, 0) is 30.7 Å². The van der Waals surface area contributed by atoms with Crippen LogP contribution in [0.2, 0.25) is 5.02 Å². The molecule has 0 radical (unpaired) electrons. The Morgan fingerprint density at radius 2 is 1.72 bits per heavy atom. The fourth-order valence-corrected chi connectivity index (χ4v) is 2.90. The number of ether oxygens (including phenoxy) is 2. The summed E-state index contributed by atoms with van der Waals surface area (Å²) >= 11 is 5.92. The zero-order valence-electron chi connectivity index (χ0n) is 10.4. The number of benzene rings is 1. The predicted molar refractivity (Wildman–Crippen MR) is 72.2 cm³/mol. The van der Waals surface area contributed by atoms with E-state index in [2.05, 4.69) is 17.0 Å². The van der Waals surface area contributed by atoms with E-state index in [1.807, 2.05) is 12.1 Å². The minimum atomic E-state index is -0.304. The van der Waals surface area contributed by atoms with Crippen molar-refractivity contribution >= 4 is 17.3 Å². The molecule has 2 aliphatic heterocycles. The fraction of sp³-hybridized carbons (Fsp3) is 0.571. The smallest absolute Gasteiger partial charge is 0.170 e. The van der Waals surface area contributed by atoms with Crippen LogP contribution < -0.4 is 4.90 Å². The Morgan fingerprint density at radius 1 is 1.00 bits per heavy atom. The zero-order chi connectivity index (χ0) is 12.4. The van der Waals surface area contributed by atoms with Crippen LogP contribution in [0.25, 0.3) is 0 Å². The topological polar surface area (TPSA) is 21.7 Å². The van der Waals surface area contributed by atoms with Gasteiger partial charge < -0.3 is 14.4 Å². The highest BCUT2D eigenvalue weighted by molar-refractivity contribution is 6.30. The second-order valence-electron chi connectivity index (χ2n) is 4.92. The summed E-state index contributed by atoms with van der Waals surface area (Å²) in [7, 11) is 0. The van der Waals surface area contributed by atoms with Crippen LogP contribution in [0.1, 0.15) is 19.3 Å². The normalized spacial score (nSPS) is 23.3. The zero-order valence-corrected chi connectivity index (χ0v) is 11.2. The van der Waals surface area contributed by atoms with Gasteiger partial charge in [-0.25, -0.2) is 0 Å². The van der Waals surface area contributed by atoms with Crippen molar-refractivity contribution in [3.05, 3.63) is 29.3 Å². The first-order valence-electron chi connectivity index (χ1n) is 6.56. The van der Waals surface area contributed by atoms with E-state index in [9.17, 15) is 0 Å². The first-order chi connectivity index (χ1) is 8.77. The van der Waals surface area contributed by atoms with E-state index in [1.54, 1.807) is 0 Å². The van der Waals surface area contributed by atoms with Crippen LogP contribution in [0, 0.1) is 0 Å². The summed E-state index contributed by atoms with van der Waals surface area (Å²) in [4.78, 5) is 2.39.